The van der Waals surface area contributed by atoms with Gasteiger partial charge in [-0.05, 0) is 18.8 Å². The minimum atomic E-state index is -0.795. The number of carboxylic acid groups (broad SMARTS) is 1. The number of hydrogen-bond acceptors (Lipinski definition) is 2. The van der Waals surface area contributed by atoms with Crippen LogP contribution in [0.25, 0.3) is 0 Å². The third kappa shape index (κ3) is 2.94. The molecule has 1 amide bonds. The molecule has 0 saturated carbocycles. The highest BCUT2D eigenvalue weighted by atomic mass is 16.4. The van der Waals surface area contributed by atoms with Gasteiger partial charge >= 0.3 is 5.97 Å². The van der Waals surface area contributed by atoms with Gasteiger partial charge in [0.05, 0.1) is 0 Å². The first-order valence-electron chi connectivity index (χ1n) is 5.58. The molecule has 1 saturated heterocycles. The van der Waals surface area contributed by atoms with Crippen LogP contribution < -0.4 is 0 Å². The van der Waals surface area contributed by atoms with Gasteiger partial charge < -0.3 is 10.0 Å². The van der Waals surface area contributed by atoms with Gasteiger partial charge in [0.2, 0.25) is 5.91 Å². The number of carbonyl (C=O) groups is 2. The maximum atomic E-state index is 11.6. The van der Waals surface area contributed by atoms with Crippen LogP contribution in [0.2, 0.25) is 0 Å². The standard InChI is InChI=1S/C11H19NO3/c1-3-8-7-12(4-2)10(13)5-9(8)6-11(14)15/h8-9H,3-7H2,1-2H3,(H,14,15). The summed E-state index contributed by atoms with van der Waals surface area (Å²) in [5.41, 5.74) is 0. The fourth-order valence-electron chi connectivity index (χ4n) is 2.29. The molecule has 4 heteroatoms. The molecule has 4 nitrogen and oxygen atoms in total. The molecule has 1 heterocycles. The van der Waals surface area contributed by atoms with Crippen molar-refractivity contribution in [3.63, 3.8) is 0 Å². The molecule has 86 valence electrons. The average molecular weight is 213 g/mol. The summed E-state index contributed by atoms with van der Waals surface area (Å²) in [6, 6.07) is 0. The zero-order chi connectivity index (χ0) is 11.4. The highest BCUT2D eigenvalue weighted by Gasteiger charge is 2.33. The Morgan fingerprint density at radius 1 is 1.47 bits per heavy atom. The molecule has 0 spiro atoms. The zero-order valence-electron chi connectivity index (χ0n) is 9.40. The summed E-state index contributed by atoms with van der Waals surface area (Å²) < 4.78 is 0. The quantitative estimate of drug-likeness (QED) is 0.767. The molecular weight excluding hydrogens is 194 g/mol. The van der Waals surface area contributed by atoms with Crippen LogP contribution in [0.1, 0.15) is 33.1 Å². The lowest BCUT2D eigenvalue weighted by Gasteiger charge is -2.36. The number of likely N-dealkylation sites (tertiary alicyclic amines) is 1. The third-order valence-corrected chi connectivity index (χ3v) is 3.25. The van der Waals surface area contributed by atoms with Crippen molar-refractivity contribution in [2.24, 2.45) is 11.8 Å². The molecule has 1 fully saturated rings. The van der Waals surface area contributed by atoms with E-state index in [1.165, 1.54) is 0 Å². The number of aliphatic carboxylic acids is 1. The van der Waals surface area contributed by atoms with Gasteiger partial charge in [-0.25, -0.2) is 0 Å². The Labute approximate surface area is 90.3 Å². The Bertz CT molecular complexity index is 252. The summed E-state index contributed by atoms with van der Waals surface area (Å²) >= 11 is 0. The predicted molar refractivity (Wildman–Crippen MR) is 56.4 cm³/mol. The predicted octanol–water partition coefficient (Wildman–Crippen LogP) is 1.36. The molecule has 2 atom stereocenters. The molecule has 0 aromatic carbocycles. The normalized spacial score (nSPS) is 26.8. The second-order valence-electron chi connectivity index (χ2n) is 4.16. The van der Waals surface area contributed by atoms with E-state index in [2.05, 4.69) is 6.92 Å². The van der Waals surface area contributed by atoms with Crippen LogP contribution in [0.15, 0.2) is 0 Å². The van der Waals surface area contributed by atoms with Gasteiger partial charge in [0.15, 0.2) is 0 Å². The van der Waals surface area contributed by atoms with Crippen molar-refractivity contribution in [3.05, 3.63) is 0 Å². The van der Waals surface area contributed by atoms with Gasteiger partial charge in [0.25, 0.3) is 0 Å². The molecule has 2 unspecified atom stereocenters. The summed E-state index contributed by atoms with van der Waals surface area (Å²) in [6.45, 7) is 5.48. The van der Waals surface area contributed by atoms with Crippen LogP contribution in [-0.4, -0.2) is 35.0 Å². The largest absolute Gasteiger partial charge is 0.481 e. The van der Waals surface area contributed by atoms with E-state index in [1.807, 2.05) is 11.8 Å². The van der Waals surface area contributed by atoms with E-state index in [9.17, 15) is 9.59 Å². The molecule has 0 aliphatic carbocycles. The van der Waals surface area contributed by atoms with Crippen molar-refractivity contribution in [1.29, 1.82) is 0 Å². The van der Waals surface area contributed by atoms with Crippen molar-refractivity contribution in [2.75, 3.05) is 13.1 Å². The second-order valence-corrected chi connectivity index (χ2v) is 4.16. The van der Waals surface area contributed by atoms with Crippen molar-refractivity contribution in [2.45, 2.75) is 33.1 Å². The van der Waals surface area contributed by atoms with Gasteiger partial charge in [-0.3, -0.25) is 9.59 Å². The molecule has 1 N–H and O–H groups in total. The summed E-state index contributed by atoms with van der Waals surface area (Å²) in [5, 5.41) is 8.76. The number of nitrogens with zero attached hydrogens (tertiary/aromatic N) is 1. The van der Waals surface area contributed by atoms with Crippen molar-refractivity contribution in [3.8, 4) is 0 Å². The smallest absolute Gasteiger partial charge is 0.303 e. The second kappa shape index (κ2) is 5.14. The zero-order valence-corrected chi connectivity index (χ0v) is 9.40. The van der Waals surface area contributed by atoms with Crippen LogP contribution in [0.5, 0.6) is 0 Å². The molecule has 15 heavy (non-hydrogen) atoms. The maximum Gasteiger partial charge on any atom is 0.303 e. The third-order valence-electron chi connectivity index (χ3n) is 3.25. The van der Waals surface area contributed by atoms with E-state index in [-0.39, 0.29) is 18.2 Å². The minimum absolute atomic E-state index is 0.0304. The van der Waals surface area contributed by atoms with Gasteiger partial charge in [-0.2, -0.15) is 0 Å². The number of amides is 1. The number of carbonyl (C=O) groups excluding carboxylic acids is 1. The average Bonchev–Trinajstić information content (AvgIpc) is 2.17. The van der Waals surface area contributed by atoms with E-state index in [1.54, 1.807) is 0 Å². The van der Waals surface area contributed by atoms with Crippen LogP contribution in [-0.2, 0) is 9.59 Å². The van der Waals surface area contributed by atoms with E-state index in [0.29, 0.717) is 12.3 Å². The molecule has 1 aliphatic rings. The van der Waals surface area contributed by atoms with E-state index < -0.39 is 5.97 Å². The molecule has 1 aliphatic heterocycles. The van der Waals surface area contributed by atoms with Crippen molar-refractivity contribution in [1.82, 2.24) is 4.90 Å². The van der Waals surface area contributed by atoms with Crippen LogP contribution in [0.4, 0.5) is 0 Å². The topological polar surface area (TPSA) is 57.6 Å². The van der Waals surface area contributed by atoms with Crippen LogP contribution in [0.3, 0.4) is 0 Å². The van der Waals surface area contributed by atoms with Gasteiger partial charge in [-0.15, -0.1) is 0 Å². The molecule has 0 bridgehead atoms. The van der Waals surface area contributed by atoms with Crippen molar-refractivity contribution >= 4 is 11.9 Å². The summed E-state index contributed by atoms with van der Waals surface area (Å²) in [7, 11) is 0. The van der Waals surface area contributed by atoms with Crippen LogP contribution in [0, 0.1) is 11.8 Å². The minimum Gasteiger partial charge on any atom is -0.481 e. The van der Waals surface area contributed by atoms with E-state index in [0.717, 1.165) is 19.5 Å². The van der Waals surface area contributed by atoms with Crippen LogP contribution >= 0.6 is 0 Å². The number of carboxylic acids is 1. The lowest BCUT2D eigenvalue weighted by molar-refractivity contribution is -0.142. The Balaban J connectivity index is 2.64. The summed E-state index contributed by atoms with van der Waals surface area (Å²) in [4.78, 5) is 24.1. The Morgan fingerprint density at radius 2 is 2.13 bits per heavy atom. The molecule has 0 radical (unpaired) electrons. The highest BCUT2D eigenvalue weighted by molar-refractivity contribution is 5.78. The highest BCUT2D eigenvalue weighted by Crippen LogP contribution is 2.29. The number of rotatable bonds is 4. The first-order valence-corrected chi connectivity index (χ1v) is 5.58. The molecule has 1 rings (SSSR count). The van der Waals surface area contributed by atoms with Crippen molar-refractivity contribution < 1.29 is 14.7 Å². The monoisotopic (exact) mass is 213 g/mol. The fourth-order valence-corrected chi connectivity index (χ4v) is 2.29. The lowest BCUT2D eigenvalue weighted by Crippen LogP contribution is -2.44. The Hall–Kier alpha value is -1.06. The number of hydrogen-bond donors (Lipinski definition) is 1. The lowest BCUT2D eigenvalue weighted by atomic mass is 9.81. The Kier molecular flexibility index (Phi) is 4.12. The van der Waals surface area contributed by atoms with E-state index >= 15 is 0 Å². The Morgan fingerprint density at radius 3 is 2.60 bits per heavy atom. The summed E-state index contributed by atoms with van der Waals surface area (Å²) in [6.07, 6.45) is 1.47. The first-order chi connectivity index (χ1) is 7.08. The SMILES string of the molecule is CCC1CN(CC)C(=O)CC1CC(=O)O. The maximum absolute atomic E-state index is 11.6. The number of piperidine rings is 1. The van der Waals surface area contributed by atoms with E-state index in [4.69, 9.17) is 5.11 Å². The van der Waals surface area contributed by atoms with Gasteiger partial charge in [0, 0.05) is 25.9 Å². The molecular formula is C11H19NO3. The summed E-state index contributed by atoms with van der Waals surface area (Å²) in [5.74, 6) is -0.314. The molecule has 0 aromatic heterocycles. The van der Waals surface area contributed by atoms with Gasteiger partial charge in [-0.1, -0.05) is 13.3 Å². The molecule has 0 aromatic rings. The first kappa shape index (κ1) is 12.0. The van der Waals surface area contributed by atoms with Gasteiger partial charge in [0.1, 0.15) is 0 Å². The fraction of sp³-hybridized carbons (Fsp3) is 0.818.